The van der Waals surface area contributed by atoms with Crippen LogP contribution in [-0.4, -0.2) is 81.5 Å². The van der Waals surface area contributed by atoms with Crippen LogP contribution in [0.15, 0.2) is 0 Å². The van der Waals surface area contributed by atoms with Crippen molar-refractivity contribution in [1.29, 1.82) is 0 Å². The molecule has 5 atom stereocenters. The van der Waals surface area contributed by atoms with Crippen molar-refractivity contribution in [3.05, 3.63) is 0 Å². The van der Waals surface area contributed by atoms with Crippen LogP contribution >= 0.6 is 0 Å². The van der Waals surface area contributed by atoms with Gasteiger partial charge in [0, 0.05) is 6.54 Å². The summed E-state index contributed by atoms with van der Waals surface area (Å²) in [6.45, 7) is 5.30. The van der Waals surface area contributed by atoms with Crippen molar-refractivity contribution >= 4 is 29.6 Å². The number of hydrogen-bond acceptors (Lipinski definition) is 7. The van der Waals surface area contributed by atoms with Crippen LogP contribution in [0.25, 0.3) is 0 Å². The van der Waals surface area contributed by atoms with Gasteiger partial charge in [-0.2, -0.15) is 0 Å². The highest BCUT2D eigenvalue weighted by Gasteiger charge is 2.39. The highest BCUT2D eigenvalue weighted by molar-refractivity contribution is 5.95. The van der Waals surface area contributed by atoms with E-state index in [9.17, 15) is 34.2 Å². The molecule has 176 valence electrons. The van der Waals surface area contributed by atoms with Gasteiger partial charge in [-0.3, -0.25) is 19.2 Å². The van der Waals surface area contributed by atoms with Gasteiger partial charge in [0.25, 0.3) is 0 Å². The van der Waals surface area contributed by atoms with E-state index in [2.05, 4.69) is 10.6 Å². The number of rotatable bonds is 11. The smallest absolute Gasteiger partial charge is 0.326 e. The number of likely N-dealkylation sites (tertiary alicyclic amines) is 1. The predicted octanol–water partition coefficient (Wildman–Crippen LogP) is -2.34. The Morgan fingerprint density at radius 2 is 1.71 bits per heavy atom. The van der Waals surface area contributed by atoms with Gasteiger partial charge in [-0.15, -0.1) is 0 Å². The highest BCUT2D eigenvalue weighted by atomic mass is 16.4. The summed E-state index contributed by atoms with van der Waals surface area (Å²) in [4.78, 5) is 61.7. The number of carboxylic acids is 1. The van der Waals surface area contributed by atoms with E-state index < -0.39 is 66.3 Å². The standard InChI is InChI=1S/C19H33N5O7/c1-9(2)7-11(16(27)23-12(19(30)31)8-14(20)26)22-17(28)13-5-4-6-24(13)18(29)15(21)10(3)25/h9-13,15,25H,4-8,21H2,1-3H3,(H2,20,26)(H,22,28)(H,23,27)(H,30,31)/t10-,11+,12+,13+,15+/m1/s1. The van der Waals surface area contributed by atoms with Crippen LogP contribution in [0.4, 0.5) is 0 Å². The molecular formula is C19H33N5O7. The fourth-order valence-electron chi connectivity index (χ4n) is 3.35. The summed E-state index contributed by atoms with van der Waals surface area (Å²) in [5, 5.41) is 23.6. The molecule has 8 N–H and O–H groups in total. The van der Waals surface area contributed by atoms with Crippen LogP contribution in [0.3, 0.4) is 0 Å². The summed E-state index contributed by atoms with van der Waals surface area (Å²) in [6.07, 6.45) is -0.564. The first-order valence-corrected chi connectivity index (χ1v) is 10.2. The SMILES string of the molecule is CC(C)C[C@H](NC(=O)[C@@H]1CCCN1C(=O)[C@@H](N)[C@@H](C)O)C(=O)N[C@@H](CC(N)=O)C(=O)O. The molecular weight excluding hydrogens is 410 g/mol. The fraction of sp³-hybridized carbons (Fsp3) is 0.737. The zero-order valence-electron chi connectivity index (χ0n) is 18.0. The maximum atomic E-state index is 12.9. The van der Waals surface area contributed by atoms with Crippen molar-refractivity contribution in [2.24, 2.45) is 17.4 Å². The van der Waals surface area contributed by atoms with E-state index in [0.29, 0.717) is 12.8 Å². The zero-order chi connectivity index (χ0) is 23.9. The summed E-state index contributed by atoms with van der Waals surface area (Å²) in [5.41, 5.74) is 10.7. The molecule has 0 spiro atoms. The zero-order valence-corrected chi connectivity index (χ0v) is 18.0. The number of nitrogens with zero attached hydrogens (tertiary/aromatic N) is 1. The van der Waals surface area contributed by atoms with Gasteiger partial charge in [-0.1, -0.05) is 13.8 Å². The Morgan fingerprint density at radius 1 is 1.10 bits per heavy atom. The van der Waals surface area contributed by atoms with E-state index in [1.807, 2.05) is 13.8 Å². The number of aliphatic carboxylic acids is 1. The largest absolute Gasteiger partial charge is 0.480 e. The lowest BCUT2D eigenvalue weighted by molar-refractivity contribution is -0.144. The van der Waals surface area contributed by atoms with E-state index >= 15 is 0 Å². The Bertz CT molecular complexity index is 697. The lowest BCUT2D eigenvalue weighted by Crippen LogP contribution is -2.58. The number of carbonyl (C=O) groups is 5. The van der Waals surface area contributed by atoms with Crippen molar-refractivity contribution in [1.82, 2.24) is 15.5 Å². The van der Waals surface area contributed by atoms with Crippen molar-refractivity contribution in [3.8, 4) is 0 Å². The molecule has 1 saturated heterocycles. The molecule has 1 rings (SSSR count). The van der Waals surface area contributed by atoms with Crippen molar-refractivity contribution in [2.45, 2.75) is 76.7 Å². The molecule has 12 heteroatoms. The number of aliphatic hydroxyl groups is 1. The van der Waals surface area contributed by atoms with E-state index in [4.69, 9.17) is 11.5 Å². The third-order valence-electron chi connectivity index (χ3n) is 5.00. The Balaban J connectivity index is 2.93. The molecule has 31 heavy (non-hydrogen) atoms. The monoisotopic (exact) mass is 443 g/mol. The second kappa shape index (κ2) is 11.6. The summed E-state index contributed by atoms with van der Waals surface area (Å²) < 4.78 is 0. The van der Waals surface area contributed by atoms with Crippen molar-refractivity contribution < 1.29 is 34.2 Å². The van der Waals surface area contributed by atoms with Crippen molar-refractivity contribution in [3.63, 3.8) is 0 Å². The molecule has 1 aliphatic heterocycles. The number of aliphatic hydroxyl groups excluding tert-OH is 1. The number of carbonyl (C=O) groups excluding carboxylic acids is 4. The Morgan fingerprint density at radius 3 is 2.19 bits per heavy atom. The summed E-state index contributed by atoms with van der Waals surface area (Å²) in [7, 11) is 0. The second-order valence-electron chi connectivity index (χ2n) is 8.22. The van der Waals surface area contributed by atoms with Crippen molar-refractivity contribution in [2.75, 3.05) is 6.54 Å². The Kier molecular flexibility index (Phi) is 9.85. The third kappa shape index (κ3) is 7.79. The van der Waals surface area contributed by atoms with Gasteiger partial charge in [0.15, 0.2) is 0 Å². The summed E-state index contributed by atoms with van der Waals surface area (Å²) >= 11 is 0. The molecule has 1 fully saturated rings. The topological polar surface area (TPSA) is 205 Å². The quantitative estimate of drug-likeness (QED) is 0.203. The number of nitrogens with two attached hydrogens (primary N) is 2. The molecule has 0 aliphatic carbocycles. The second-order valence-corrected chi connectivity index (χ2v) is 8.22. The van der Waals surface area contributed by atoms with Gasteiger partial charge in [0.05, 0.1) is 12.5 Å². The molecule has 1 aliphatic rings. The molecule has 0 aromatic carbocycles. The first-order valence-electron chi connectivity index (χ1n) is 10.2. The average molecular weight is 444 g/mol. The number of amides is 4. The van der Waals surface area contributed by atoms with E-state index in [1.54, 1.807) is 0 Å². The first-order chi connectivity index (χ1) is 14.3. The molecule has 0 aromatic rings. The van der Waals surface area contributed by atoms with Crippen LogP contribution < -0.4 is 22.1 Å². The molecule has 0 bridgehead atoms. The highest BCUT2D eigenvalue weighted by Crippen LogP contribution is 2.19. The Hall–Kier alpha value is -2.73. The van der Waals surface area contributed by atoms with Gasteiger partial charge in [0.1, 0.15) is 24.2 Å². The van der Waals surface area contributed by atoms with Crippen LogP contribution in [0, 0.1) is 5.92 Å². The minimum atomic E-state index is -1.52. The molecule has 4 amide bonds. The fourth-order valence-corrected chi connectivity index (χ4v) is 3.35. The van der Waals surface area contributed by atoms with Gasteiger partial charge >= 0.3 is 5.97 Å². The van der Waals surface area contributed by atoms with E-state index in [0.717, 1.165) is 0 Å². The van der Waals surface area contributed by atoms with Crippen LogP contribution in [0.2, 0.25) is 0 Å². The number of hydrogen-bond donors (Lipinski definition) is 6. The molecule has 0 unspecified atom stereocenters. The van der Waals surface area contributed by atoms with Gasteiger partial charge in [-0.25, -0.2) is 4.79 Å². The van der Waals surface area contributed by atoms with Gasteiger partial charge in [-0.05, 0) is 32.1 Å². The number of nitrogens with one attached hydrogen (secondary N) is 2. The first kappa shape index (κ1) is 26.3. The average Bonchev–Trinajstić information content (AvgIpc) is 3.14. The van der Waals surface area contributed by atoms with Crippen LogP contribution in [0.1, 0.15) is 46.5 Å². The minimum Gasteiger partial charge on any atom is -0.480 e. The molecule has 1 heterocycles. The lowest BCUT2D eigenvalue weighted by Gasteiger charge is -2.29. The minimum absolute atomic E-state index is 0.0274. The lowest BCUT2D eigenvalue weighted by atomic mass is 10.0. The van der Waals surface area contributed by atoms with Gasteiger partial charge < -0.3 is 37.2 Å². The molecule has 0 saturated carbocycles. The molecule has 12 nitrogen and oxygen atoms in total. The number of primary amides is 1. The Labute approximate surface area is 180 Å². The maximum absolute atomic E-state index is 12.9. The van der Waals surface area contributed by atoms with E-state index in [-0.39, 0.29) is 18.9 Å². The predicted molar refractivity (Wildman–Crippen MR) is 109 cm³/mol. The molecule has 0 aromatic heterocycles. The summed E-state index contributed by atoms with van der Waals surface area (Å²) in [5.74, 6) is -4.27. The maximum Gasteiger partial charge on any atom is 0.326 e. The molecule has 0 radical (unpaired) electrons. The summed E-state index contributed by atoms with van der Waals surface area (Å²) in [6, 6.07) is -4.63. The third-order valence-corrected chi connectivity index (χ3v) is 5.00. The normalized spacial score (nSPS) is 19.9. The van der Waals surface area contributed by atoms with Crippen LogP contribution in [0.5, 0.6) is 0 Å². The van der Waals surface area contributed by atoms with Crippen LogP contribution in [-0.2, 0) is 24.0 Å². The van der Waals surface area contributed by atoms with Gasteiger partial charge in [0.2, 0.25) is 23.6 Å². The van der Waals surface area contributed by atoms with E-state index in [1.165, 1.54) is 11.8 Å². The number of carboxylic acid groups (broad SMARTS) is 1.